The summed E-state index contributed by atoms with van der Waals surface area (Å²) in [6.07, 6.45) is 1.44. The molecule has 1 aromatic rings. The molecule has 1 unspecified atom stereocenters. The van der Waals surface area contributed by atoms with Gasteiger partial charge in [0.1, 0.15) is 10.6 Å². The number of hydrogen-bond donors (Lipinski definition) is 0. The Hall–Kier alpha value is -1.79. The van der Waals surface area contributed by atoms with Gasteiger partial charge in [-0.2, -0.15) is 0 Å². The Balaban J connectivity index is 2.17. The first-order valence-corrected chi connectivity index (χ1v) is 8.26. The van der Waals surface area contributed by atoms with Crippen molar-refractivity contribution >= 4 is 22.4 Å². The molecule has 1 aliphatic heterocycles. The van der Waals surface area contributed by atoms with E-state index in [0.717, 1.165) is 0 Å². The Kier molecular flexibility index (Phi) is 3.73. The zero-order chi connectivity index (χ0) is 15.0. The normalized spacial score (nSPS) is 20.5. The topological polar surface area (TPSA) is 63.7 Å². The van der Waals surface area contributed by atoms with Crippen LogP contribution in [0.2, 0.25) is 0 Å². The monoisotopic (exact) mass is 305 g/mol. The molecule has 21 heavy (non-hydrogen) atoms. The third-order valence-corrected chi connectivity index (χ3v) is 4.62. The second kappa shape index (κ2) is 5.54. The molecule has 6 heteroatoms. The minimum atomic E-state index is -1.52. The SMILES string of the molecule is CS(=O)C1=C(N2CCOCC2)C(=O)c2ccccc2C1=O. The van der Waals surface area contributed by atoms with Gasteiger partial charge in [0.2, 0.25) is 11.6 Å². The molecule has 1 saturated heterocycles. The van der Waals surface area contributed by atoms with Crippen LogP contribution in [0.5, 0.6) is 0 Å². The summed E-state index contributed by atoms with van der Waals surface area (Å²) in [6, 6.07) is 6.69. The predicted molar refractivity (Wildman–Crippen MR) is 78.6 cm³/mol. The highest BCUT2D eigenvalue weighted by atomic mass is 32.2. The molecule has 0 bridgehead atoms. The lowest BCUT2D eigenvalue weighted by molar-refractivity contribution is 0.0499. The van der Waals surface area contributed by atoms with Crippen molar-refractivity contribution in [2.24, 2.45) is 0 Å². The summed E-state index contributed by atoms with van der Waals surface area (Å²) < 4.78 is 17.3. The van der Waals surface area contributed by atoms with E-state index in [4.69, 9.17) is 4.74 Å². The van der Waals surface area contributed by atoms with Gasteiger partial charge in [0.25, 0.3) is 0 Å². The van der Waals surface area contributed by atoms with Crippen LogP contribution in [0.4, 0.5) is 0 Å². The van der Waals surface area contributed by atoms with Gasteiger partial charge in [0.15, 0.2) is 0 Å². The summed E-state index contributed by atoms with van der Waals surface area (Å²) in [4.78, 5) is 27.3. The van der Waals surface area contributed by atoms with Crippen LogP contribution in [0.15, 0.2) is 34.9 Å². The highest BCUT2D eigenvalue weighted by Crippen LogP contribution is 2.30. The van der Waals surface area contributed by atoms with Crippen LogP contribution in [0, 0.1) is 0 Å². The molecule has 1 aliphatic carbocycles. The van der Waals surface area contributed by atoms with E-state index in [1.807, 2.05) is 4.90 Å². The standard InChI is InChI=1S/C15H15NO4S/c1-21(19)15-12(16-6-8-20-9-7-16)13(17)10-4-2-3-5-11(10)14(15)18/h2-5H,6-9H2,1H3. The number of Topliss-reactive ketones (excluding diaryl/α,β-unsaturated/α-hetero) is 2. The second-order valence-corrected chi connectivity index (χ2v) is 6.25. The van der Waals surface area contributed by atoms with E-state index in [2.05, 4.69) is 0 Å². The summed E-state index contributed by atoms with van der Waals surface area (Å²) in [5.74, 6) is -0.537. The van der Waals surface area contributed by atoms with Gasteiger partial charge in [0, 0.05) is 30.5 Å². The number of morpholine rings is 1. The molecule has 0 amide bonds. The van der Waals surface area contributed by atoms with E-state index in [1.165, 1.54) is 6.26 Å². The van der Waals surface area contributed by atoms with Gasteiger partial charge in [-0.1, -0.05) is 24.3 Å². The van der Waals surface area contributed by atoms with Crippen LogP contribution in [-0.2, 0) is 15.5 Å². The largest absolute Gasteiger partial charge is 0.378 e. The molecule has 110 valence electrons. The Morgan fingerprint density at radius 3 is 2.19 bits per heavy atom. The van der Waals surface area contributed by atoms with Crippen molar-refractivity contribution in [1.82, 2.24) is 4.90 Å². The summed E-state index contributed by atoms with van der Waals surface area (Å²) >= 11 is 0. The fourth-order valence-corrected chi connectivity index (χ4v) is 3.55. The maximum Gasteiger partial charge on any atom is 0.211 e. The number of rotatable bonds is 2. The molecule has 1 atom stereocenters. The van der Waals surface area contributed by atoms with Crippen molar-refractivity contribution < 1.29 is 18.5 Å². The third-order valence-electron chi connectivity index (χ3n) is 3.67. The Morgan fingerprint density at radius 2 is 1.62 bits per heavy atom. The molecule has 3 rings (SSSR count). The van der Waals surface area contributed by atoms with Crippen molar-refractivity contribution in [3.05, 3.63) is 46.0 Å². The van der Waals surface area contributed by atoms with Crippen molar-refractivity contribution in [2.45, 2.75) is 0 Å². The molecular formula is C15H15NO4S. The van der Waals surface area contributed by atoms with Gasteiger partial charge in [-0.25, -0.2) is 0 Å². The summed E-state index contributed by atoms with van der Waals surface area (Å²) in [5, 5.41) is 0. The van der Waals surface area contributed by atoms with E-state index >= 15 is 0 Å². The highest BCUT2D eigenvalue weighted by Gasteiger charge is 2.37. The van der Waals surface area contributed by atoms with Crippen LogP contribution in [-0.4, -0.2) is 53.2 Å². The maximum absolute atomic E-state index is 12.7. The van der Waals surface area contributed by atoms with Crippen LogP contribution >= 0.6 is 0 Å². The van der Waals surface area contributed by atoms with E-state index in [9.17, 15) is 13.8 Å². The van der Waals surface area contributed by atoms with Crippen LogP contribution in [0.3, 0.4) is 0 Å². The van der Waals surface area contributed by atoms with Gasteiger partial charge in [0.05, 0.1) is 24.0 Å². The number of hydrogen-bond acceptors (Lipinski definition) is 5. The minimum Gasteiger partial charge on any atom is -0.378 e. The van der Waals surface area contributed by atoms with Crippen LogP contribution in [0.25, 0.3) is 0 Å². The van der Waals surface area contributed by atoms with E-state index in [-0.39, 0.29) is 22.2 Å². The maximum atomic E-state index is 12.7. The molecule has 1 aromatic carbocycles. The molecule has 0 radical (unpaired) electrons. The van der Waals surface area contributed by atoms with Crippen molar-refractivity contribution in [2.75, 3.05) is 32.6 Å². The fraction of sp³-hybridized carbons (Fsp3) is 0.333. The van der Waals surface area contributed by atoms with Gasteiger partial charge in [-0.05, 0) is 0 Å². The van der Waals surface area contributed by atoms with E-state index in [1.54, 1.807) is 24.3 Å². The molecular weight excluding hydrogens is 290 g/mol. The number of nitrogens with zero attached hydrogens (tertiary/aromatic N) is 1. The zero-order valence-electron chi connectivity index (χ0n) is 11.6. The van der Waals surface area contributed by atoms with Crippen LogP contribution < -0.4 is 0 Å². The first-order valence-electron chi connectivity index (χ1n) is 6.70. The number of carbonyl (C=O) groups excluding carboxylic acids is 2. The smallest absolute Gasteiger partial charge is 0.211 e. The molecule has 5 nitrogen and oxygen atoms in total. The van der Waals surface area contributed by atoms with E-state index < -0.39 is 10.8 Å². The lowest BCUT2D eigenvalue weighted by Gasteiger charge is -2.33. The van der Waals surface area contributed by atoms with Gasteiger partial charge < -0.3 is 9.64 Å². The molecule has 2 aliphatic rings. The van der Waals surface area contributed by atoms with Crippen molar-refractivity contribution in [3.8, 4) is 0 Å². The first kappa shape index (κ1) is 14.2. The quantitative estimate of drug-likeness (QED) is 0.815. The number of ether oxygens (including phenoxy) is 1. The summed E-state index contributed by atoms with van der Waals surface area (Å²) in [7, 11) is -1.52. The number of carbonyl (C=O) groups is 2. The van der Waals surface area contributed by atoms with Gasteiger partial charge in [-0.15, -0.1) is 0 Å². The lowest BCUT2D eigenvalue weighted by atomic mass is 9.91. The molecule has 0 saturated carbocycles. The lowest BCUT2D eigenvalue weighted by Crippen LogP contribution is -2.41. The predicted octanol–water partition coefficient (Wildman–Crippen LogP) is 0.988. The average Bonchev–Trinajstić information content (AvgIpc) is 2.51. The number of ketones is 2. The fourth-order valence-electron chi connectivity index (χ4n) is 2.68. The van der Waals surface area contributed by atoms with Crippen molar-refractivity contribution in [3.63, 3.8) is 0 Å². The van der Waals surface area contributed by atoms with E-state index in [0.29, 0.717) is 37.4 Å². The minimum absolute atomic E-state index is 0.112. The average molecular weight is 305 g/mol. The van der Waals surface area contributed by atoms with Gasteiger partial charge >= 0.3 is 0 Å². The Labute approximate surface area is 125 Å². The second-order valence-electron chi connectivity index (χ2n) is 4.94. The summed E-state index contributed by atoms with van der Waals surface area (Å²) in [6.45, 7) is 2.04. The highest BCUT2D eigenvalue weighted by molar-refractivity contribution is 7.89. The zero-order valence-corrected chi connectivity index (χ0v) is 12.4. The molecule has 0 N–H and O–H groups in total. The number of fused-ring (bicyclic) bond motifs is 1. The third kappa shape index (κ3) is 2.34. The number of benzene rings is 1. The molecule has 0 aromatic heterocycles. The van der Waals surface area contributed by atoms with Gasteiger partial charge in [-0.3, -0.25) is 13.8 Å². The molecule has 1 fully saturated rings. The van der Waals surface area contributed by atoms with Crippen molar-refractivity contribution in [1.29, 1.82) is 0 Å². The van der Waals surface area contributed by atoms with Crippen LogP contribution in [0.1, 0.15) is 20.7 Å². The Bertz CT molecular complexity index is 674. The molecule has 0 spiro atoms. The summed E-state index contributed by atoms with van der Waals surface area (Å²) in [5.41, 5.74) is 1.01. The Morgan fingerprint density at radius 1 is 1.05 bits per heavy atom. The molecule has 1 heterocycles. The number of allylic oxidation sites excluding steroid dienone is 2. The first-order chi connectivity index (χ1) is 10.1.